The van der Waals surface area contributed by atoms with E-state index in [9.17, 15) is 0 Å². The normalized spacial score (nSPS) is 13.1. The zero-order valence-corrected chi connectivity index (χ0v) is 77.2. The maximum atomic E-state index is 2.81. The van der Waals surface area contributed by atoms with Crippen molar-refractivity contribution in [3.05, 3.63) is 383 Å². The lowest BCUT2D eigenvalue weighted by molar-refractivity contribution is 0.569. The third-order valence-corrected chi connectivity index (χ3v) is 27.2. The van der Waals surface area contributed by atoms with Crippen LogP contribution in [0.2, 0.25) is 0 Å². The summed E-state index contributed by atoms with van der Waals surface area (Å²) in [7, 11) is 0. The van der Waals surface area contributed by atoms with E-state index < -0.39 is 0 Å². The Morgan fingerprint density at radius 2 is 0.698 bits per heavy atom. The zero-order valence-electron chi connectivity index (χ0n) is 77.2. The highest BCUT2D eigenvalue weighted by atomic mass is 15.2. The van der Waals surface area contributed by atoms with Crippen LogP contribution in [0.3, 0.4) is 0 Å². The Hall–Kier alpha value is -12.6. The number of fused-ring (bicyclic) bond motifs is 10. The maximum absolute atomic E-state index is 2.81. The van der Waals surface area contributed by atoms with Crippen LogP contribution in [0.25, 0.3) is 93.8 Å². The smallest absolute Gasteiger partial charge is 0.252 e. The number of hydrogen-bond donors (Lipinski definition) is 0. The average Bonchev–Trinajstić information content (AvgIpc) is 0.931. The molecule has 2 aliphatic rings. The molecule has 4 heterocycles. The van der Waals surface area contributed by atoms with Gasteiger partial charge >= 0.3 is 0 Å². The van der Waals surface area contributed by atoms with E-state index in [0.717, 1.165) is 36.4 Å². The molecular weight excluding hydrogens is 1520 g/mol. The molecule has 0 saturated carbocycles. The molecule has 0 bridgehead atoms. The van der Waals surface area contributed by atoms with Gasteiger partial charge in [-0.1, -0.05) is 349 Å². The molecule has 0 radical (unpaired) electrons. The van der Waals surface area contributed by atoms with Crippen molar-refractivity contribution in [2.24, 2.45) is 0 Å². The predicted molar refractivity (Wildman–Crippen MR) is 544 cm³/mol. The van der Waals surface area contributed by atoms with Crippen molar-refractivity contribution in [1.82, 2.24) is 9.13 Å². The second-order valence-corrected chi connectivity index (χ2v) is 42.2. The van der Waals surface area contributed by atoms with Gasteiger partial charge in [0.2, 0.25) is 0 Å². The van der Waals surface area contributed by atoms with E-state index in [-0.39, 0.29) is 39.2 Å². The van der Waals surface area contributed by atoms with E-state index in [2.05, 4.69) is 476 Å². The SMILES string of the molecule is CC(C)(C)c1cc(CN2c3cc(-c4cc(C(C)(C)C)cc(C(C)(C)C)c4)ccc3B3c4ccc(CCn5c6ccc(C(C)(C)C)cc6c6cc(C(C)(C)C)ccc65)cc4N(Cc4c(-c5ccccc5)cc(C(C)(C)C)cc4-c4ccccc4)c4cc(CCN(c5ccccc5)c5ccc(-n6c7ccccc7c7ccccc76)cc5)cc2c43)cc(-c2ccccc2)c1. The minimum atomic E-state index is -0.157. The van der Waals surface area contributed by atoms with Gasteiger partial charge in [-0.2, -0.15) is 0 Å². The van der Waals surface area contributed by atoms with Gasteiger partial charge in [0.05, 0.1) is 11.0 Å². The number of anilines is 6. The van der Waals surface area contributed by atoms with E-state index in [0.29, 0.717) is 19.6 Å². The summed E-state index contributed by atoms with van der Waals surface area (Å²) in [4.78, 5) is 8.14. The van der Waals surface area contributed by atoms with Crippen LogP contribution in [0, 0.1) is 0 Å². The van der Waals surface area contributed by atoms with Gasteiger partial charge in [0.1, 0.15) is 0 Å². The van der Waals surface area contributed by atoms with Gasteiger partial charge < -0.3 is 23.8 Å². The molecule has 0 aliphatic carbocycles. The molecule has 628 valence electrons. The van der Waals surface area contributed by atoms with Crippen LogP contribution in [0.5, 0.6) is 0 Å². The molecule has 0 amide bonds. The number of aryl methyl sites for hydroxylation is 2. The fourth-order valence-corrected chi connectivity index (χ4v) is 19.9. The van der Waals surface area contributed by atoms with Crippen LogP contribution in [0.1, 0.15) is 180 Å². The molecule has 0 spiro atoms. The Bertz CT molecular complexity index is 6780. The summed E-state index contributed by atoms with van der Waals surface area (Å²) >= 11 is 0. The number of hydrogen-bond acceptors (Lipinski definition) is 3. The van der Waals surface area contributed by atoms with Crippen molar-refractivity contribution in [2.75, 3.05) is 21.2 Å². The second kappa shape index (κ2) is 31.8. The lowest BCUT2D eigenvalue weighted by atomic mass is 9.33. The van der Waals surface area contributed by atoms with E-state index in [1.54, 1.807) is 0 Å². The van der Waals surface area contributed by atoms with Gasteiger partial charge in [-0.3, -0.25) is 0 Å². The first-order valence-electron chi connectivity index (χ1n) is 45.8. The first-order chi connectivity index (χ1) is 60.2. The molecule has 0 N–H and O–H groups in total. The van der Waals surface area contributed by atoms with Crippen molar-refractivity contribution in [1.29, 1.82) is 0 Å². The molecule has 15 aromatic carbocycles. The van der Waals surface area contributed by atoms with Crippen molar-refractivity contribution in [3.63, 3.8) is 0 Å². The lowest BCUT2D eigenvalue weighted by Gasteiger charge is -2.45. The Kier molecular flexibility index (Phi) is 20.9. The Labute approximate surface area is 749 Å². The van der Waals surface area contributed by atoms with Crippen LogP contribution in [0.15, 0.2) is 328 Å². The first kappa shape index (κ1) is 82.9. The number of benzene rings is 15. The fraction of sp³-hybridized carbons (Fsp3) is 0.250. The summed E-state index contributed by atoms with van der Waals surface area (Å²) in [5.74, 6) is 0. The van der Waals surface area contributed by atoms with Crippen LogP contribution in [-0.4, -0.2) is 22.4 Å². The minimum Gasteiger partial charge on any atom is -0.341 e. The summed E-state index contributed by atoms with van der Waals surface area (Å²) in [6.07, 6.45) is 1.56. The molecule has 2 aliphatic heterocycles. The highest BCUT2D eigenvalue weighted by molar-refractivity contribution is 7.00. The molecule has 126 heavy (non-hydrogen) atoms. The topological polar surface area (TPSA) is 19.6 Å². The second-order valence-electron chi connectivity index (χ2n) is 42.2. The summed E-state index contributed by atoms with van der Waals surface area (Å²) in [6, 6.07) is 127. The molecule has 17 aromatic rings. The molecule has 0 saturated heterocycles. The average molecular weight is 1640 g/mol. The summed E-state index contributed by atoms with van der Waals surface area (Å²) in [5.41, 5.74) is 39.8. The molecule has 6 heteroatoms. The van der Waals surface area contributed by atoms with Gasteiger partial charge in [0.15, 0.2) is 0 Å². The van der Waals surface area contributed by atoms with Gasteiger partial charge in [-0.25, -0.2) is 0 Å². The zero-order chi connectivity index (χ0) is 87.7. The third-order valence-electron chi connectivity index (χ3n) is 27.2. The van der Waals surface area contributed by atoms with Crippen LogP contribution in [0.4, 0.5) is 34.1 Å². The lowest BCUT2D eigenvalue weighted by Crippen LogP contribution is -2.62. The molecule has 0 fully saturated rings. The first-order valence-corrected chi connectivity index (χ1v) is 45.8. The molecule has 19 rings (SSSR count). The van der Waals surface area contributed by atoms with Crippen LogP contribution >= 0.6 is 0 Å². The van der Waals surface area contributed by atoms with Gasteiger partial charge in [-0.05, 0) is 265 Å². The van der Waals surface area contributed by atoms with Crippen LogP contribution < -0.4 is 31.1 Å². The number of rotatable bonds is 17. The van der Waals surface area contributed by atoms with E-state index in [1.807, 2.05) is 0 Å². The summed E-state index contributed by atoms with van der Waals surface area (Å²) in [5, 5.41) is 5.16. The largest absolute Gasteiger partial charge is 0.341 e. The highest BCUT2D eigenvalue weighted by Gasteiger charge is 2.44. The molecule has 5 nitrogen and oxygen atoms in total. The summed E-state index contributed by atoms with van der Waals surface area (Å²) in [6.45, 7) is 45.1. The quantitative estimate of drug-likeness (QED) is 0.0847. The Morgan fingerprint density at radius 3 is 1.21 bits per heavy atom. The predicted octanol–water partition coefficient (Wildman–Crippen LogP) is 29.8. The van der Waals surface area contributed by atoms with Gasteiger partial charge in [0.25, 0.3) is 6.71 Å². The minimum absolute atomic E-state index is 0.0117. The fourth-order valence-electron chi connectivity index (χ4n) is 19.9. The summed E-state index contributed by atoms with van der Waals surface area (Å²) < 4.78 is 5.06. The molecular formula is C120H120BN5. The van der Waals surface area contributed by atoms with Gasteiger partial charge in [-0.15, -0.1) is 0 Å². The Morgan fingerprint density at radius 1 is 0.270 bits per heavy atom. The highest BCUT2D eigenvalue weighted by Crippen LogP contribution is 2.48. The van der Waals surface area contributed by atoms with Crippen molar-refractivity contribution in [3.8, 4) is 50.2 Å². The number of nitrogens with zero attached hydrogens (tertiary/aromatic N) is 5. The van der Waals surface area contributed by atoms with Crippen LogP contribution in [-0.2, 0) is 65.0 Å². The standard InChI is InChI=1S/C120H120BN5/c1-115(2,3)88-49-57-106-101(73-88)102-74-89(116(4,5)6)50-58-107(102)123(106)62-59-79-47-55-104-110(65-79)125(78-103-99(83-37-25-20-26-38-83)75-93(120(16,17)18)76-100(103)84-39-27-21-28-40-84)113-67-80(60-61-122(94-41-29-22-30-42-94)95-51-53-96(54-52-95)126-108-45-33-31-43-97(108)98-44-32-34-46-109(98)126)66-112-114(113)121(104)105-56-48-85(87-69-91(118(10,11)12)72-92(70-87)119(13,14)15)71-111(105)124(112)77-81-63-86(82-35-23-19-24-36-82)68-90(64-81)117(7,8)9/h19-58,63-76H,59-62,77-78H2,1-18H3. The molecule has 2 aromatic heterocycles. The van der Waals surface area contributed by atoms with Crippen molar-refractivity contribution in [2.45, 2.75) is 190 Å². The third kappa shape index (κ3) is 15.8. The van der Waals surface area contributed by atoms with E-state index in [4.69, 9.17) is 0 Å². The maximum Gasteiger partial charge on any atom is 0.252 e. The van der Waals surface area contributed by atoms with Crippen molar-refractivity contribution < 1.29 is 0 Å². The van der Waals surface area contributed by atoms with Gasteiger partial charge in [0, 0.05) is 98.6 Å². The van der Waals surface area contributed by atoms with Crippen molar-refractivity contribution >= 4 is 101 Å². The monoisotopic (exact) mass is 1640 g/mol. The number of aromatic nitrogens is 2. The Balaban J connectivity index is 0.865. The number of para-hydroxylation sites is 3. The van der Waals surface area contributed by atoms with E-state index >= 15 is 0 Å². The molecule has 0 unspecified atom stereocenters. The molecule has 0 atom stereocenters. The van der Waals surface area contributed by atoms with E-state index in [1.165, 1.54) is 183 Å².